The summed E-state index contributed by atoms with van der Waals surface area (Å²) in [6.45, 7) is 0.0734. The highest BCUT2D eigenvalue weighted by Gasteiger charge is 2.25. The Morgan fingerprint density at radius 3 is 3.10 bits per heavy atom. The minimum Gasteiger partial charge on any atom is -0.395 e. The minimum absolute atomic E-state index is 0.0111. The summed E-state index contributed by atoms with van der Waals surface area (Å²) >= 11 is 3.30. The lowest BCUT2D eigenvalue weighted by molar-refractivity contribution is 0.0942. The highest BCUT2D eigenvalue weighted by atomic mass is 32.2. The van der Waals surface area contributed by atoms with Crippen molar-refractivity contribution in [1.29, 1.82) is 0 Å². The smallest absolute Gasteiger partial charge is 0.261 e. The maximum Gasteiger partial charge on any atom is 0.261 e. The molecule has 1 fully saturated rings. The average Bonchev–Trinajstić information content (AvgIpc) is 3.08. The molecule has 2 unspecified atom stereocenters. The van der Waals surface area contributed by atoms with E-state index in [1.165, 1.54) is 17.8 Å². The fourth-order valence-electron chi connectivity index (χ4n) is 2.27. The third-order valence-corrected chi connectivity index (χ3v) is 5.43. The van der Waals surface area contributed by atoms with Gasteiger partial charge in [-0.05, 0) is 37.7 Å². The van der Waals surface area contributed by atoms with E-state index >= 15 is 0 Å². The average molecular weight is 309 g/mol. The van der Waals surface area contributed by atoms with Gasteiger partial charge in [0.1, 0.15) is 0 Å². The Morgan fingerprint density at radius 2 is 2.40 bits per heavy atom. The van der Waals surface area contributed by atoms with Crippen LogP contribution in [0.4, 0.5) is 0 Å². The standard InChI is InChI=1S/C15H19NO2S2/c1-19-13-6-5-11(10-13)16-15(18)14-8-7-12(20-14)4-2-3-9-17/h7-8,11,13,17H,3,5-6,9-10H2,1H3,(H,16,18). The zero-order chi connectivity index (χ0) is 14.4. The number of hydrogen-bond donors (Lipinski definition) is 2. The maximum atomic E-state index is 12.1. The molecule has 5 heteroatoms. The maximum absolute atomic E-state index is 12.1. The normalized spacial score (nSPS) is 21.3. The van der Waals surface area contributed by atoms with Crippen LogP contribution in [0.5, 0.6) is 0 Å². The number of thiophene rings is 1. The molecule has 1 aliphatic carbocycles. The topological polar surface area (TPSA) is 49.3 Å². The van der Waals surface area contributed by atoms with Gasteiger partial charge in [0.15, 0.2) is 0 Å². The zero-order valence-corrected chi connectivity index (χ0v) is 13.1. The van der Waals surface area contributed by atoms with Crippen LogP contribution in [-0.4, -0.2) is 35.2 Å². The molecule has 108 valence electrons. The van der Waals surface area contributed by atoms with Crippen LogP contribution in [0.2, 0.25) is 0 Å². The lowest BCUT2D eigenvalue weighted by Gasteiger charge is -2.11. The number of carbonyl (C=O) groups is 1. The second kappa shape index (κ2) is 7.72. The molecule has 1 amide bonds. The van der Waals surface area contributed by atoms with E-state index in [9.17, 15) is 4.79 Å². The summed E-state index contributed by atoms with van der Waals surface area (Å²) in [5.41, 5.74) is 0. The fourth-order valence-corrected chi connectivity index (χ4v) is 3.85. The van der Waals surface area contributed by atoms with Crippen LogP contribution >= 0.6 is 23.1 Å². The van der Waals surface area contributed by atoms with Gasteiger partial charge in [0.2, 0.25) is 0 Å². The van der Waals surface area contributed by atoms with Crippen molar-refractivity contribution in [3.8, 4) is 11.8 Å². The van der Waals surface area contributed by atoms with Gasteiger partial charge in [-0.25, -0.2) is 0 Å². The van der Waals surface area contributed by atoms with E-state index in [0.29, 0.717) is 22.6 Å². The first-order chi connectivity index (χ1) is 9.72. The first-order valence-electron chi connectivity index (χ1n) is 6.76. The molecular weight excluding hydrogens is 290 g/mol. The molecule has 0 bridgehead atoms. The highest BCUT2D eigenvalue weighted by Crippen LogP contribution is 2.28. The fraction of sp³-hybridized carbons (Fsp3) is 0.533. The molecule has 20 heavy (non-hydrogen) atoms. The molecule has 0 spiro atoms. The van der Waals surface area contributed by atoms with Gasteiger partial charge in [-0.15, -0.1) is 11.3 Å². The molecule has 0 aliphatic heterocycles. The van der Waals surface area contributed by atoms with Gasteiger partial charge in [0, 0.05) is 17.7 Å². The molecule has 1 saturated carbocycles. The van der Waals surface area contributed by atoms with Crippen LogP contribution in [0.25, 0.3) is 0 Å². The van der Waals surface area contributed by atoms with Gasteiger partial charge >= 0.3 is 0 Å². The number of amides is 1. The van der Waals surface area contributed by atoms with E-state index in [0.717, 1.165) is 17.7 Å². The van der Waals surface area contributed by atoms with Gasteiger partial charge in [-0.1, -0.05) is 11.8 Å². The number of aliphatic hydroxyl groups is 1. The first kappa shape index (κ1) is 15.4. The molecule has 2 N–H and O–H groups in total. The number of rotatable bonds is 4. The molecule has 1 aromatic rings. The van der Waals surface area contributed by atoms with Gasteiger partial charge in [-0.2, -0.15) is 11.8 Å². The number of thioether (sulfide) groups is 1. The summed E-state index contributed by atoms with van der Waals surface area (Å²) in [6.07, 6.45) is 5.94. The summed E-state index contributed by atoms with van der Waals surface area (Å²) < 4.78 is 0. The number of carbonyl (C=O) groups excluding carboxylic acids is 1. The number of hydrogen-bond acceptors (Lipinski definition) is 4. The molecular formula is C15H19NO2S2. The van der Waals surface area contributed by atoms with Crippen LogP contribution in [0.1, 0.15) is 40.2 Å². The second-order valence-corrected chi connectivity index (χ2v) is 7.00. The van der Waals surface area contributed by atoms with Crippen molar-refractivity contribution >= 4 is 29.0 Å². The molecule has 0 radical (unpaired) electrons. The van der Waals surface area contributed by atoms with Crippen LogP contribution in [-0.2, 0) is 0 Å². The van der Waals surface area contributed by atoms with Crippen molar-refractivity contribution in [2.75, 3.05) is 12.9 Å². The summed E-state index contributed by atoms with van der Waals surface area (Å²) in [6, 6.07) is 4.00. The van der Waals surface area contributed by atoms with E-state index in [1.807, 2.05) is 23.9 Å². The third-order valence-electron chi connectivity index (χ3n) is 3.33. The van der Waals surface area contributed by atoms with Crippen molar-refractivity contribution in [3.05, 3.63) is 21.9 Å². The Kier molecular flexibility index (Phi) is 5.96. The molecule has 3 nitrogen and oxygen atoms in total. The lowest BCUT2D eigenvalue weighted by Crippen LogP contribution is -2.32. The molecule has 2 atom stereocenters. The highest BCUT2D eigenvalue weighted by molar-refractivity contribution is 7.99. The Hall–Kier alpha value is -0.960. The van der Waals surface area contributed by atoms with Gasteiger partial charge in [0.05, 0.1) is 16.4 Å². The van der Waals surface area contributed by atoms with E-state index in [-0.39, 0.29) is 12.5 Å². The Balaban J connectivity index is 1.89. The second-order valence-electron chi connectivity index (χ2n) is 4.78. The van der Waals surface area contributed by atoms with Crippen LogP contribution < -0.4 is 5.32 Å². The Morgan fingerprint density at radius 1 is 1.55 bits per heavy atom. The van der Waals surface area contributed by atoms with Crippen molar-refractivity contribution in [3.63, 3.8) is 0 Å². The van der Waals surface area contributed by atoms with E-state index < -0.39 is 0 Å². The largest absolute Gasteiger partial charge is 0.395 e. The monoisotopic (exact) mass is 309 g/mol. The Labute approximate surface area is 128 Å². The van der Waals surface area contributed by atoms with Gasteiger partial charge < -0.3 is 10.4 Å². The predicted molar refractivity (Wildman–Crippen MR) is 85.3 cm³/mol. The van der Waals surface area contributed by atoms with Crippen molar-refractivity contribution in [2.24, 2.45) is 0 Å². The summed E-state index contributed by atoms with van der Waals surface area (Å²) in [5.74, 6) is 5.83. The molecule has 1 aliphatic rings. The van der Waals surface area contributed by atoms with Crippen LogP contribution in [0.15, 0.2) is 12.1 Å². The van der Waals surface area contributed by atoms with Gasteiger partial charge in [-0.3, -0.25) is 4.79 Å². The Bertz CT molecular complexity index is 515. The molecule has 0 saturated heterocycles. The summed E-state index contributed by atoms with van der Waals surface area (Å²) in [4.78, 5) is 13.7. The van der Waals surface area contributed by atoms with E-state index in [4.69, 9.17) is 5.11 Å². The molecule has 2 rings (SSSR count). The van der Waals surface area contributed by atoms with Crippen molar-refractivity contribution < 1.29 is 9.90 Å². The zero-order valence-electron chi connectivity index (χ0n) is 11.5. The number of nitrogens with one attached hydrogen (secondary N) is 1. The summed E-state index contributed by atoms with van der Waals surface area (Å²) in [7, 11) is 0. The molecule has 0 aromatic carbocycles. The van der Waals surface area contributed by atoms with E-state index in [1.54, 1.807) is 0 Å². The predicted octanol–water partition coefficient (Wildman–Crippen LogP) is 2.50. The van der Waals surface area contributed by atoms with Crippen LogP contribution in [0, 0.1) is 11.8 Å². The van der Waals surface area contributed by atoms with Crippen LogP contribution in [0.3, 0.4) is 0 Å². The van der Waals surface area contributed by atoms with Gasteiger partial charge in [0.25, 0.3) is 5.91 Å². The minimum atomic E-state index is 0.0111. The lowest BCUT2D eigenvalue weighted by atomic mass is 10.2. The first-order valence-corrected chi connectivity index (χ1v) is 8.86. The van der Waals surface area contributed by atoms with Crippen molar-refractivity contribution in [1.82, 2.24) is 5.32 Å². The molecule has 1 heterocycles. The third kappa shape index (κ3) is 4.27. The number of aliphatic hydroxyl groups excluding tert-OH is 1. The SMILES string of the molecule is CSC1CCC(NC(=O)c2ccc(C#CCCO)s2)C1. The summed E-state index contributed by atoms with van der Waals surface area (Å²) in [5, 5.41) is 12.5. The quantitative estimate of drug-likeness (QED) is 0.840. The van der Waals surface area contributed by atoms with Crippen molar-refractivity contribution in [2.45, 2.75) is 37.0 Å². The van der Waals surface area contributed by atoms with E-state index in [2.05, 4.69) is 23.4 Å². The molecule has 1 aromatic heterocycles.